The van der Waals surface area contributed by atoms with Gasteiger partial charge >= 0.3 is 0 Å². The lowest BCUT2D eigenvalue weighted by Crippen LogP contribution is -1.95. The molecule has 0 aliphatic heterocycles. The van der Waals surface area contributed by atoms with E-state index in [1.807, 2.05) is 0 Å². The minimum atomic E-state index is 1.15. The molecule has 2 aromatic heterocycles. The van der Waals surface area contributed by atoms with Crippen LogP contribution in [0.1, 0.15) is 0 Å². The standard InChI is InChI=1S/C52H34N2/c1-3-11-35(12-4-1)37-19-21-38(22-20-37)39-25-28-43(29-26-39)54-48-17-9-7-15-45(48)46-31-32-50-51(52(46)54)47-16-8-10-18-49(47)53(50)44-30-27-41-33-40(23-24-42(41)34-44)36-13-5-2-6-14-36/h1-34H. The van der Waals surface area contributed by atoms with E-state index in [4.69, 9.17) is 0 Å². The minimum absolute atomic E-state index is 1.15. The van der Waals surface area contributed by atoms with Crippen molar-refractivity contribution in [2.75, 3.05) is 0 Å². The summed E-state index contributed by atoms with van der Waals surface area (Å²) in [6.45, 7) is 0. The first-order valence-electron chi connectivity index (χ1n) is 18.6. The molecule has 2 nitrogen and oxygen atoms in total. The van der Waals surface area contributed by atoms with Crippen LogP contribution in [0.4, 0.5) is 0 Å². The third kappa shape index (κ3) is 4.81. The largest absolute Gasteiger partial charge is 0.309 e. The van der Waals surface area contributed by atoms with E-state index in [0.717, 1.165) is 11.4 Å². The van der Waals surface area contributed by atoms with Gasteiger partial charge in [0, 0.05) is 32.9 Å². The van der Waals surface area contributed by atoms with Crippen LogP contribution in [0.2, 0.25) is 0 Å². The lowest BCUT2D eigenvalue weighted by atomic mass is 10.0. The van der Waals surface area contributed by atoms with Crippen molar-refractivity contribution in [1.29, 1.82) is 0 Å². The van der Waals surface area contributed by atoms with Gasteiger partial charge in [0.15, 0.2) is 0 Å². The molecule has 0 unspecified atom stereocenters. The molecule has 0 saturated heterocycles. The molecule has 252 valence electrons. The molecule has 0 aliphatic carbocycles. The smallest absolute Gasteiger partial charge is 0.0641 e. The van der Waals surface area contributed by atoms with Gasteiger partial charge in [-0.3, -0.25) is 0 Å². The van der Waals surface area contributed by atoms with E-state index >= 15 is 0 Å². The molecule has 0 N–H and O–H groups in total. The zero-order chi connectivity index (χ0) is 35.6. The van der Waals surface area contributed by atoms with Crippen molar-refractivity contribution in [3.05, 3.63) is 206 Å². The fourth-order valence-electron chi connectivity index (χ4n) is 8.53. The molecule has 0 amide bonds. The summed E-state index contributed by atoms with van der Waals surface area (Å²) in [6, 6.07) is 75.1. The maximum Gasteiger partial charge on any atom is 0.0641 e. The number of hydrogen-bond donors (Lipinski definition) is 0. The molecule has 2 heteroatoms. The van der Waals surface area contributed by atoms with Crippen LogP contribution in [0.25, 0.3) is 99.1 Å². The van der Waals surface area contributed by atoms with Crippen molar-refractivity contribution in [2.24, 2.45) is 0 Å². The number of fused-ring (bicyclic) bond motifs is 8. The van der Waals surface area contributed by atoms with E-state index in [1.54, 1.807) is 0 Å². The second-order valence-electron chi connectivity index (χ2n) is 14.2. The lowest BCUT2D eigenvalue weighted by Gasteiger charge is -2.12. The highest BCUT2D eigenvalue weighted by atomic mass is 15.0. The summed E-state index contributed by atoms with van der Waals surface area (Å²) < 4.78 is 4.91. The zero-order valence-corrected chi connectivity index (χ0v) is 29.5. The average Bonchev–Trinajstić information content (AvgIpc) is 3.77. The molecule has 11 aromatic rings. The zero-order valence-electron chi connectivity index (χ0n) is 29.5. The third-order valence-corrected chi connectivity index (χ3v) is 11.1. The van der Waals surface area contributed by atoms with Gasteiger partial charge in [-0.05, 0) is 92.7 Å². The Morgan fingerprint density at radius 2 is 0.741 bits per heavy atom. The van der Waals surface area contributed by atoms with Crippen LogP contribution >= 0.6 is 0 Å². The predicted octanol–water partition coefficient (Wildman–Crippen LogP) is 14.0. The average molecular weight is 687 g/mol. The summed E-state index contributed by atoms with van der Waals surface area (Å²) in [6.07, 6.45) is 0. The Hall–Kier alpha value is -7.16. The van der Waals surface area contributed by atoms with Crippen LogP contribution in [-0.4, -0.2) is 9.13 Å². The first-order valence-corrected chi connectivity index (χ1v) is 18.6. The predicted molar refractivity (Wildman–Crippen MR) is 229 cm³/mol. The van der Waals surface area contributed by atoms with Gasteiger partial charge in [0.1, 0.15) is 0 Å². The molecule has 0 radical (unpaired) electrons. The Bertz CT molecular complexity index is 3170. The van der Waals surface area contributed by atoms with Gasteiger partial charge in [0.05, 0.1) is 22.1 Å². The van der Waals surface area contributed by atoms with Crippen LogP contribution in [0.15, 0.2) is 206 Å². The summed E-state index contributed by atoms with van der Waals surface area (Å²) >= 11 is 0. The Kier molecular flexibility index (Phi) is 6.90. The molecule has 0 aliphatic rings. The quantitative estimate of drug-likeness (QED) is 0.171. The lowest BCUT2D eigenvalue weighted by molar-refractivity contribution is 1.18. The molecule has 0 fully saturated rings. The Labute approximate surface area is 313 Å². The van der Waals surface area contributed by atoms with Crippen LogP contribution in [0.5, 0.6) is 0 Å². The number of nitrogens with zero attached hydrogens (tertiary/aromatic N) is 2. The van der Waals surface area contributed by atoms with Crippen molar-refractivity contribution in [3.63, 3.8) is 0 Å². The topological polar surface area (TPSA) is 9.86 Å². The van der Waals surface area contributed by atoms with Gasteiger partial charge in [-0.25, -0.2) is 0 Å². The van der Waals surface area contributed by atoms with Crippen molar-refractivity contribution in [1.82, 2.24) is 9.13 Å². The van der Waals surface area contributed by atoms with Gasteiger partial charge in [0.2, 0.25) is 0 Å². The van der Waals surface area contributed by atoms with E-state index in [0.29, 0.717) is 0 Å². The number of para-hydroxylation sites is 2. The molecular weight excluding hydrogens is 653 g/mol. The number of aromatic nitrogens is 2. The van der Waals surface area contributed by atoms with Crippen LogP contribution in [0, 0.1) is 0 Å². The van der Waals surface area contributed by atoms with E-state index < -0.39 is 0 Å². The van der Waals surface area contributed by atoms with Crippen molar-refractivity contribution in [3.8, 4) is 44.8 Å². The molecule has 11 rings (SSSR count). The second-order valence-corrected chi connectivity index (χ2v) is 14.2. The third-order valence-electron chi connectivity index (χ3n) is 11.1. The fraction of sp³-hybridized carbons (Fsp3) is 0. The maximum absolute atomic E-state index is 2.47. The van der Waals surface area contributed by atoms with E-state index in [-0.39, 0.29) is 0 Å². The van der Waals surface area contributed by atoms with Crippen LogP contribution in [0.3, 0.4) is 0 Å². The normalized spacial score (nSPS) is 11.7. The number of benzene rings is 9. The summed E-state index contributed by atoms with van der Waals surface area (Å²) in [5.74, 6) is 0. The summed E-state index contributed by atoms with van der Waals surface area (Å²) in [4.78, 5) is 0. The molecule has 0 saturated carbocycles. The van der Waals surface area contributed by atoms with E-state index in [1.165, 1.54) is 87.8 Å². The highest BCUT2D eigenvalue weighted by Crippen LogP contribution is 2.42. The molecular formula is C52H34N2. The maximum atomic E-state index is 2.47. The number of rotatable bonds is 5. The number of hydrogen-bond acceptors (Lipinski definition) is 0. The van der Waals surface area contributed by atoms with Gasteiger partial charge in [-0.15, -0.1) is 0 Å². The van der Waals surface area contributed by atoms with Crippen molar-refractivity contribution in [2.45, 2.75) is 0 Å². The summed E-state index contributed by atoms with van der Waals surface area (Å²) in [5, 5.41) is 7.48. The summed E-state index contributed by atoms with van der Waals surface area (Å²) in [5.41, 5.74) is 14.5. The van der Waals surface area contributed by atoms with Crippen LogP contribution in [-0.2, 0) is 0 Å². The molecule has 9 aromatic carbocycles. The van der Waals surface area contributed by atoms with Gasteiger partial charge in [-0.1, -0.05) is 158 Å². The molecule has 0 atom stereocenters. The van der Waals surface area contributed by atoms with Crippen LogP contribution < -0.4 is 0 Å². The highest BCUT2D eigenvalue weighted by molar-refractivity contribution is 6.26. The van der Waals surface area contributed by atoms with E-state index in [2.05, 4.69) is 215 Å². The molecule has 54 heavy (non-hydrogen) atoms. The SMILES string of the molecule is c1ccc(-c2ccc(-c3ccc(-n4c5ccccc5c5ccc6c(c7ccccc7n6-c6ccc7cc(-c8ccccc8)ccc7c6)c54)cc3)cc2)cc1. The minimum Gasteiger partial charge on any atom is -0.309 e. The Morgan fingerprint density at radius 3 is 1.43 bits per heavy atom. The first-order chi connectivity index (χ1) is 26.8. The summed E-state index contributed by atoms with van der Waals surface area (Å²) in [7, 11) is 0. The van der Waals surface area contributed by atoms with E-state index in [9.17, 15) is 0 Å². The monoisotopic (exact) mass is 686 g/mol. The Morgan fingerprint density at radius 1 is 0.259 bits per heavy atom. The highest BCUT2D eigenvalue weighted by Gasteiger charge is 2.21. The molecule has 2 heterocycles. The Balaban J connectivity index is 1.08. The fourth-order valence-corrected chi connectivity index (χ4v) is 8.53. The van der Waals surface area contributed by atoms with Crippen molar-refractivity contribution >= 4 is 54.4 Å². The van der Waals surface area contributed by atoms with Gasteiger partial charge < -0.3 is 9.13 Å². The van der Waals surface area contributed by atoms with Gasteiger partial charge in [-0.2, -0.15) is 0 Å². The molecule has 0 spiro atoms. The first kappa shape index (κ1) is 30.5. The second kappa shape index (κ2) is 12.2. The van der Waals surface area contributed by atoms with Gasteiger partial charge in [0.25, 0.3) is 0 Å². The van der Waals surface area contributed by atoms with Crippen molar-refractivity contribution < 1.29 is 0 Å². The molecule has 0 bridgehead atoms.